The van der Waals surface area contributed by atoms with E-state index in [2.05, 4.69) is 11.9 Å². The van der Waals surface area contributed by atoms with Crippen LogP contribution in [0.2, 0.25) is 0 Å². The van der Waals surface area contributed by atoms with Crippen molar-refractivity contribution in [3.8, 4) is 17.2 Å². The van der Waals surface area contributed by atoms with Crippen molar-refractivity contribution in [3.05, 3.63) is 24.8 Å². The number of ether oxygens (including phenoxy) is 3. The van der Waals surface area contributed by atoms with Crippen molar-refractivity contribution in [1.82, 2.24) is 0 Å². The van der Waals surface area contributed by atoms with Gasteiger partial charge in [0.05, 0.1) is 21.3 Å². The minimum atomic E-state index is -0.306. The molecule has 0 heterocycles. The second kappa shape index (κ2) is 5.79. The van der Waals surface area contributed by atoms with Gasteiger partial charge in [0, 0.05) is 17.8 Å². The summed E-state index contributed by atoms with van der Waals surface area (Å²) < 4.78 is 15.5. The Labute approximate surface area is 100.0 Å². The van der Waals surface area contributed by atoms with E-state index in [0.29, 0.717) is 22.9 Å². The van der Waals surface area contributed by atoms with Crippen LogP contribution < -0.4 is 19.5 Å². The largest absolute Gasteiger partial charge is 0.493 e. The number of hydrogen-bond acceptors (Lipinski definition) is 4. The summed E-state index contributed by atoms with van der Waals surface area (Å²) in [5.74, 6) is 1.13. The van der Waals surface area contributed by atoms with Crippen LogP contribution in [0.1, 0.15) is 0 Å². The monoisotopic (exact) mass is 237 g/mol. The van der Waals surface area contributed by atoms with E-state index in [-0.39, 0.29) is 5.91 Å². The molecule has 5 nitrogen and oxygen atoms in total. The molecule has 0 bridgehead atoms. The number of amides is 1. The highest BCUT2D eigenvalue weighted by Crippen LogP contribution is 2.39. The molecule has 0 spiro atoms. The molecule has 0 aliphatic heterocycles. The summed E-state index contributed by atoms with van der Waals surface area (Å²) in [4.78, 5) is 11.2. The molecular formula is C12H15NO4. The third-order valence-electron chi connectivity index (χ3n) is 2.12. The molecule has 1 amide bonds. The minimum absolute atomic E-state index is 0.306. The number of nitrogens with one attached hydrogen (secondary N) is 1. The van der Waals surface area contributed by atoms with Crippen molar-refractivity contribution in [2.24, 2.45) is 0 Å². The maximum atomic E-state index is 11.2. The second-order valence-electron chi connectivity index (χ2n) is 3.11. The number of rotatable bonds is 5. The number of anilines is 1. The lowest BCUT2D eigenvalue weighted by molar-refractivity contribution is -0.111. The van der Waals surface area contributed by atoms with Crippen LogP contribution in [0.3, 0.4) is 0 Å². The van der Waals surface area contributed by atoms with Crippen LogP contribution in [0.5, 0.6) is 17.2 Å². The molecule has 0 atom stereocenters. The standard InChI is InChI=1S/C12H15NO4/c1-5-11(14)13-8-6-9(15-2)12(17-4)10(7-8)16-3/h5-7H,1H2,2-4H3,(H,13,14). The fraction of sp³-hybridized carbons (Fsp3) is 0.250. The summed E-state index contributed by atoms with van der Waals surface area (Å²) in [5, 5.41) is 2.62. The van der Waals surface area contributed by atoms with Gasteiger partial charge in [-0.05, 0) is 6.08 Å². The van der Waals surface area contributed by atoms with Gasteiger partial charge in [-0.1, -0.05) is 6.58 Å². The molecule has 0 aromatic heterocycles. The molecule has 1 rings (SSSR count). The van der Waals surface area contributed by atoms with E-state index in [4.69, 9.17) is 14.2 Å². The fourth-order valence-corrected chi connectivity index (χ4v) is 1.35. The van der Waals surface area contributed by atoms with Crippen LogP contribution in [0.4, 0.5) is 5.69 Å². The Balaban J connectivity index is 3.17. The Bertz CT molecular complexity index is 404. The number of carbonyl (C=O) groups excluding carboxylic acids is 1. The van der Waals surface area contributed by atoms with E-state index in [0.717, 1.165) is 0 Å². The van der Waals surface area contributed by atoms with Gasteiger partial charge in [-0.15, -0.1) is 0 Å². The van der Waals surface area contributed by atoms with Crippen LogP contribution in [-0.4, -0.2) is 27.2 Å². The first-order valence-electron chi connectivity index (χ1n) is 4.89. The summed E-state index contributed by atoms with van der Waals surface area (Å²) in [6.45, 7) is 3.38. The first kappa shape index (κ1) is 12.9. The molecule has 5 heteroatoms. The Hall–Kier alpha value is -2.17. The lowest BCUT2D eigenvalue weighted by Gasteiger charge is -2.14. The first-order valence-corrected chi connectivity index (χ1v) is 4.89. The zero-order valence-corrected chi connectivity index (χ0v) is 10.1. The molecule has 0 saturated heterocycles. The molecule has 0 fully saturated rings. The number of hydrogen-bond donors (Lipinski definition) is 1. The molecule has 1 N–H and O–H groups in total. The van der Waals surface area contributed by atoms with E-state index < -0.39 is 0 Å². The van der Waals surface area contributed by atoms with Crippen LogP contribution in [0.15, 0.2) is 24.8 Å². The van der Waals surface area contributed by atoms with E-state index in [1.807, 2.05) is 0 Å². The molecule has 0 unspecified atom stereocenters. The van der Waals surface area contributed by atoms with Crippen molar-refractivity contribution >= 4 is 11.6 Å². The highest BCUT2D eigenvalue weighted by Gasteiger charge is 2.13. The summed E-state index contributed by atoms with van der Waals surface area (Å²) in [5.41, 5.74) is 0.546. The van der Waals surface area contributed by atoms with Gasteiger partial charge in [0.1, 0.15) is 0 Å². The van der Waals surface area contributed by atoms with E-state index in [1.54, 1.807) is 12.1 Å². The van der Waals surface area contributed by atoms with Gasteiger partial charge < -0.3 is 19.5 Å². The molecular weight excluding hydrogens is 222 g/mol. The zero-order valence-electron chi connectivity index (χ0n) is 10.1. The molecule has 0 saturated carbocycles. The van der Waals surface area contributed by atoms with E-state index in [1.165, 1.54) is 27.4 Å². The van der Waals surface area contributed by atoms with Gasteiger partial charge in [-0.25, -0.2) is 0 Å². The molecule has 0 aliphatic carbocycles. The third kappa shape index (κ3) is 2.90. The van der Waals surface area contributed by atoms with Crippen molar-refractivity contribution in [2.45, 2.75) is 0 Å². The van der Waals surface area contributed by atoms with Gasteiger partial charge in [0.25, 0.3) is 0 Å². The summed E-state index contributed by atoms with van der Waals surface area (Å²) in [6, 6.07) is 3.28. The molecule has 17 heavy (non-hydrogen) atoms. The van der Waals surface area contributed by atoms with Crippen molar-refractivity contribution < 1.29 is 19.0 Å². The van der Waals surface area contributed by atoms with Crippen molar-refractivity contribution in [1.29, 1.82) is 0 Å². The van der Waals surface area contributed by atoms with Crippen LogP contribution in [0.25, 0.3) is 0 Å². The Morgan fingerprint density at radius 1 is 1.18 bits per heavy atom. The first-order chi connectivity index (χ1) is 8.15. The van der Waals surface area contributed by atoms with Crippen LogP contribution in [-0.2, 0) is 4.79 Å². The highest BCUT2D eigenvalue weighted by atomic mass is 16.5. The smallest absolute Gasteiger partial charge is 0.247 e. The second-order valence-corrected chi connectivity index (χ2v) is 3.11. The average molecular weight is 237 g/mol. The maximum absolute atomic E-state index is 11.2. The normalized spacial score (nSPS) is 9.35. The Morgan fingerprint density at radius 2 is 1.71 bits per heavy atom. The number of benzene rings is 1. The highest BCUT2D eigenvalue weighted by molar-refractivity contribution is 5.99. The van der Waals surface area contributed by atoms with Gasteiger partial charge >= 0.3 is 0 Å². The topological polar surface area (TPSA) is 56.8 Å². The van der Waals surface area contributed by atoms with Gasteiger partial charge in [0.15, 0.2) is 11.5 Å². The number of methoxy groups -OCH3 is 3. The van der Waals surface area contributed by atoms with Gasteiger partial charge in [-0.2, -0.15) is 0 Å². The summed E-state index contributed by atoms with van der Waals surface area (Å²) in [6.07, 6.45) is 1.18. The van der Waals surface area contributed by atoms with E-state index in [9.17, 15) is 4.79 Å². The molecule has 1 aromatic rings. The quantitative estimate of drug-likeness (QED) is 0.794. The lowest BCUT2D eigenvalue weighted by Crippen LogP contribution is -2.08. The third-order valence-corrected chi connectivity index (χ3v) is 2.12. The molecule has 1 aromatic carbocycles. The lowest BCUT2D eigenvalue weighted by atomic mass is 10.2. The van der Waals surface area contributed by atoms with Crippen LogP contribution in [0, 0.1) is 0 Å². The SMILES string of the molecule is C=CC(=O)Nc1cc(OC)c(OC)c(OC)c1. The Kier molecular flexibility index (Phi) is 4.39. The maximum Gasteiger partial charge on any atom is 0.247 e. The summed E-state index contributed by atoms with van der Waals surface area (Å²) in [7, 11) is 4.54. The summed E-state index contributed by atoms with van der Waals surface area (Å²) >= 11 is 0. The predicted molar refractivity (Wildman–Crippen MR) is 64.9 cm³/mol. The fourth-order valence-electron chi connectivity index (χ4n) is 1.35. The predicted octanol–water partition coefficient (Wildman–Crippen LogP) is 1.84. The van der Waals surface area contributed by atoms with E-state index >= 15 is 0 Å². The van der Waals surface area contributed by atoms with Crippen molar-refractivity contribution in [2.75, 3.05) is 26.6 Å². The molecule has 0 radical (unpaired) electrons. The number of carbonyl (C=O) groups is 1. The average Bonchev–Trinajstić information content (AvgIpc) is 2.37. The molecule has 0 aliphatic rings. The zero-order chi connectivity index (χ0) is 12.8. The van der Waals surface area contributed by atoms with Crippen molar-refractivity contribution in [3.63, 3.8) is 0 Å². The minimum Gasteiger partial charge on any atom is -0.493 e. The molecule has 92 valence electrons. The van der Waals surface area contributed by atoms with Crippen LogP contribution >= 0.6 is 0 Å². The van der Waals surface area contributed by atoms with Gasteiger partial charge in [0.2, 0.25) is 11.7 Å². The Morgan fingerprint density at radius 3 is 2.06 bits per heavy atom. The van der Waals surface area contributed by atoms with Gasteiger partial charge in [-0.3, -0.25) is 4.79 Å².